The fourth-order valence-corrected chi connectivity index (χ4v) is 3.92. The first-order valence-corrected chi connectivity index (χ1v) is 9.41. The molecule has 8 heteroatoms. The van der Waals surface area contributed by atoms with E-state index in [2.05, 4.69) is 26.9 Å². The largest absolute Gasteiger partial charge is 0.378 e. The normalized spacial score (nSPS) is 19.3. The topological polar surface area (TPSA) is 75.9 Å². The molecule has 0 atom stereocenters. The number of hydrogen-bond donors (Lipinski definition) is 0. The molecule has 8 nitrogen and oxygen atoms in total. The summed E-state index contributed by atoms with van der Waals surface area (Å²) in [6, 6.07) is 0. The van der Waals surface area contributed by atoms with Crippen LogP contribution in [0, 0.1) is 19.8 Å². The van der Waals surface area contributed by atoms with Crippen molar-refractivity contribution < 1.29 is 9.53 Å². The minimum absolute atomic E-state index is 0.279. The van der Waals surface area contributed by atoms with Crippen molar-refractivity contribution in [2.45, 2.75) is 33.1 Å². The SMILES string of the molecule is Cc1nc2ncnn2c(N2CCC(CC(=O)N3CCOCC3)CC2)c1C. The van der Waals surface area contributed by atoms with Gasteiger partial charge in [-0.05, 0) is 32.6 Å². The van der Waals surface area contributed by atoms with E-state index in [9.17, 15) is 4.79 Å². The molecule has 2 aliphatic rings. The first-order chi connectivity index (χ1) is 12.6. The summed E-state index contributed by atoms with van der Waals surface area (Å²) in [6.45, 7) is 8.77. The maximum Gasteiger partial charge on any atom is 0.254 e. The van der Waals surface area contributed by atoms with Gasteiger partial charge in [-0.1, -0.05) is 0 Å². The van der Waals surface area contributed by atoms with Crippen molar-refractivity contribution in [3.63, 3.8) is 0 Å². The quantitative estimate of drug-likeness (QED) is 0.821. The van der Waals surface area contributed by atoms with Crippen molar-refractivity contribution in [1.29, 1.82) is 0 Å². The molecule has 1 amide bonds. The summed E-state index contributed by atoms with van der Waals surface area (Å²) >= 11 is 0. The van der Waals surface area contributed by atoms with Crippen molar-refractivity contribution in [1.82, 2.24) is 24.5 Å². The molecule has 0 radical (unpaired) electrons. The van der Waals surface area contributed by atoms with Crippen LogP contribution >= 0.6 is 0 Å². The third-order valence-electron chi connectivity index (χ3n) is 5.62. The predicted octanol–water partition coefficient (Wildman–Crippen LogP) is 1.21. The fraction of sp³-hybridized carbons (Fsp3) is 0.667. The maximum absolute atomic E-state index is 12.5. The number of anilines is 1. The molecule has 0 N–H and O–H groups in total. The Morgan fingerprint density at radius 3 is 2.65 bits per heavy atom. The number of morpholine rings is 1. The highest BCUT2D eigenvalue weighted by molar-refractivity contribution is 5.76. The van der Waals surface area contributed by atoms with Gasteiger partial charge in [0.1, 0.15) is 12.1 Å². The van der Waals surface area contributed by atoms with E-state index in [1.165, 1.54) is 0 Å². The van der Waals surface area contributed by atoms with E-state index in [0.29, 0.717) is 31.3 Å². The van der Waals surface area contributed by atoms with Crippen LogP contribution in [0.3, 0.4) is 0 Å². The van der Waals surface area contributed by atoms with Crippen LogP contribution < -0.4 is 4.90 Å². The summed E-state index contributed by atoms with van der Waals surface area (Å²) < 4.78 is 7.17. The van der Waals surface area contributed by atoms with Crippen molar-refractivity contribution in [3.8, 4) is 0 Å². The molecule has 0 bridgehead atoms. The zero-order valence-electron chi connectivity index (χ0n) is 15.5. The highest BCUT2D eigenvalue weighted by Gasteiger charge is 2.27. The Hall–Kier alpha value is -2.22. The zero-order chi connectivity index (χ0) is 18.1. The van der Waals surface area contributed by atoms with Crippen LogP contribution in [-0.4, -0.2) is 69.8 Å². The Bertz CT molecular complexity index is 790. The summed E-state index contributed by atoms with van der Waals surface area (Å²) in [7, 11) is 0. The van der Waals surface area contributed by atoms with Gasteiger partial charge < -0.3 is 14.5 Å². The number of carbonyl (C=O) groups is 1. The number of amides is 1. The molecule has 0 unspecified atom stereocenters. The molecule has 0 saturated carbocycles. The maximum atomic E-state index is 12.5. The van der Waals surface area contributed by atoms with Crippen LogP contribution in [0.1, 0.15) is 30.5 Å². The number of rotatable bonds is 3. The van der Waals surface area contributed by atoms with E-state index in [1.807, 2.05) is 16.3 Å². The highest BCUT2D eigenvalue weighted by atomic mass is 16.5. The molecular formula is C18H26N6O2. The Balaban J connectivity index is 1.42. The summed E-state index contributed by atoms with van der Waals surface area (Å²) in [5.74, 6) is 2.47. The van der Waals surface area contributed by atoms with Crippen LogP contribution in [-0.2, 0) is 9.53 Å². The Labute approximate surface area is 153 Å². The third-order valence-corrected chi connectivity index (χ3v) is 5.62. The average molecular weight is 358 g/mol. The van der Waals surface area contributed by atoms with Crippen LogP contribution in [0.15, 0.2) is 6.33 Å². The lowest BCUT2D eigenvalue weighted by atomic mass is 9.92. The van der Waals surface area contributed by atoms with E-state index < -0.39 is 0 Å². The van der Waals surface area contributed by atoms with Crippen LogP contribution in [0.4, 0.5) is 5.82 Å². The molecule has 2 aromatic rings. The lowest BCUT2D eigenvalue weighted by Gasteiger charge is -2.35. The van der Waals surface area contributed by atoms with E-state index in [4.69, 9.17) is 4.74 Å². The smallest absolute Gasteiger partial charge is 0.254 e. The van der Waals surface area contributed by atoms with Crippen molar-refractivity contribution >= 4 is 17.5 Å². The van der Waals surface area contributed by atoms with Gasteiger partial charge in [0.15, 0.2) is 0 Å². The average Bonchev–Trinajstić information content (AvgIpc) is 3.12. The first kappa shape index (κ1) is 17.2. The number of carbonyl (C=O) groups excluding carboxylic acids is 1. The van der Waals surface area contributed by atoms with Crippen LogP contribution in [0.25, 0.3) is 5.78 Å². The van der Waals surface area contributed by atoms with E-state index >= 15 is 0 Å². The molecule has 4 rings (SSSR count). The third kappa shape index (κ3) is 3.25. The van der Waals surface area contributed by atoms with E-state index in [0.717, 1.165) is 56.1 Å². The van der Waals surface area contributed by atoms with Gasteiger partial charge in [0.05, 0.1) is 13.2 Å². The summed E-state index contributed by atoms with van der Waals surface area (Å²) in [5.41, 5.74) is 2.14. The standard InChI is InChI=1S/C18H26N6O2/c1-13-14(2)21-18-19-12-20-24(18)17(13)23-5-3-15(4-6-23)11-16(25)22-7-9-26-10-8-22/h12,15H,3-11H2,1-2H3. The molecule has 26 heavy (non-hydrogen) atoms. The van der Waals surface area contributed by atoms with Gasteiger partial charge in [-0.25, -0.2) is 4.98 Å². The molecule has 2 aromatic heterocycles. The van der Waals surface area contributed by atoms with Crippen LogP contribution in [0.5, 0.6) is 0 Å². The van der Waals surface area contributed by atoms with Crippen molar-refractivity contribution in [3.05, 3.63) is 17.6 Å². The van der Waals surface area contributed by atoms with Gasteiger partial charge in [-0.3, -0.25) is 4.79 Å². The minimum atomic E-state index is 0.279. The highest BCUT2D eigenvalue weighted by Crippen LogP contribution is 2.29. The number of fused-ring (bicyclic) bond motifs is 1. The summed E-state index contributed by atoms with van der Waals surface area (Å²) in [6.07, 6.45) is 4.25. The molecule has 0 spiro atoms. The second-order valence-electron chi connectivity index (χ2n) is 7.25. The van der Waals surface area contributed by atoms with E-state index in [-0.39, 0.29) is 5.91 Å². The van der Waals surface area contributed by atoms with Gasteiger partial charge in [0, 0.05) is 43.9 Å². The Morgan fingerprint density at radius 2 is 1.92 bits per heavy atom. The predicted molar refractivity (Wildman–Crippen MR) is 97.2 cm³/mol. The fourth-order valence-electron chi connectivity index (χ4n) is 3.92. The van der Waals surface area contributed by atoms with E-state index in [1.54, 1.807) is 6.33 Å². The number of ether oxygens (including phenoxy) is 1. The first-order valence-electron chi connectivity index (χ1n) is 9.41. The second kappa shape index (κ2) is 7.19. The number of aryl methyl sites for hydroxylation is 1. The van der Waals surface area contributed by atoms with Crippen LogP contribution in [0.2, 0.25) is 0 Å². The van der Waals surface area contributed by atoms with Gasteiger partial charge in [0.2, 0.25) is 5.91 Å². The lowest BCUT2D eigenvalue weighted by Crippen LogP contribution is -2.42. The number of nitrogens with zero attached hydrogens (tertiary/aromatic N) is 6. The molecule has 2 aliphatic heterocycles. The summed E-state index contributed by atoms with van der Waals surface area (Å²) in [4.78, 5) is 25.5. The van der Waals surface area contributed by atoms with Gasteiger partial charge >= 0.3 is 0 Å². The molecule has 140 valence electrons. The molecule has 0 aliphatic carbocycles. The molecule has 2 saturated heterocycles. The lowest BCUT2D eigenvalue weighted by molar-refractivity contribution is -0.136. The van der Waals surface area contributed by atoms with Crippen molar-refractivity contribution in [2.75, 3.05) is 44.3 Å². The number of aromatic nitrogens is 4. The Morgan fingerprint density at radius 1 is 1.19 bits per heavy atom. The molecular weight excluding hydrogens is 332 g/mol. The zero-order valence-corrected chi connectivity index (χ0v) is 15.5. The Kier molecular flexibility index (Phi) is 4.76. The van der Waals surface area contributed by atoms with Gasteiger partial charge in [-0.2, -0.15) is 14.6 Å². The van der Waals surface area contributed by atoms with Crippen molar-refractivity contribution in [2.24, 2.45) is 5.92 Å². The molecule has 0 aromatic carbocycles. The monoisotopic (exact) mass is 358 g/mol. The molecule has 4 heterocycles. The number of piperidine rings is 1. The number of hydrogen-bond acceptors (Lipinski definition) is 6. The van der Waals surface area contributed by atoms with Gasteiger partial charge in [0.25, 0.3) is 5.78 Å². The second-order valence-corrected chi connectivity index (χ2v) is 7.25. The molecule has 2 fully saturated rings. The summed E-state index contributed by atoms with van der Waals surface area (Å²) in [5, 5.41) is 4.35. The van der Waals surface area contributed by atoms with Gasteiger partial charge in [-0.15, -0.1) is 0 Å². The minimum Gasteiger partial charge on any atom is -0.378 e.